The van der Waals surface area contributed by atoms with E-state index in [2.05, 4.69) is 38.3 Å². The van der Waals surface area contributed by atoms with E-state index in [0.29, 0.717) is 0 Å². The van der Waals surface area contributed by atoms with Gasteiger partial charge in [0.2, 0.25) is 0 Å². The van der Waals surface area contributed by atoms with Crippen LogP contribution in [0.3, 0.4) is 0 Å². The van der Waals surface area contributed by atoms with Crippen LogP contribution in [0.2, 0.25) is 19.6 Å². The maximum Gasteiger partial charge on any atom is 2.00 e. The maximum atomic E-state index is 3.42. The summed E-state index contributed by atoms with van der Waals surface area (Å²) < 4.78 is 0. The third kappa shape index (κ3) is 18.9. The second-order valence-electron chi connectivity index (χ2n) is 4.53. The van der Waals surface area contributed by atoms with Crippen molar-refractivity contribution in [1.29, 1.82) is 0 Å². The van der Waals surface area contributed by atoms with E-state index >= 15 is 0 Å². The molecular weight excluding hydrogens is 264 g/mol. The van der Waals surface area contributed by atoms with Crippen molar-refractivity contribution in [2.24, 2.45) is 0 Å². The van der Waals surface area contributed by atoms with Gasteiger partial charge in [-0.1, -0.05) is 52.2 Å². The summed E-state index contributed by atoms with van der Waals surface area (Å²) in [6, 6.07) is 0. The van der Waals surface area contributed by atoms with E-state index in [1.165, 1.54) is 32.1 Å². The van der Waals surface area contributed by atoms with Crippen LogP contribution in [0.5, 0.6) is 0 Å². The van der Waals surface area contributed by atoms with E-state index < -0.39 is 8.07 Å². The number of rotatable bonds is 6. The van der Waals surface area contributed by atoms with E-state index in [1.807, 2.05) is 0 Å². The van der Waals surface area contributed by atoms with E-state index in [1.54, 1.807) is 0 Å². The number of unbranched alkanes of at least 4 members (excludes halogenated alkanes) is 4. The van der Waals surface area contributed by atoms with Crippen molar-refractivity contribution in [3.8, 4) is 0 Å². The molecule has 0 atom stereocenters. The Bertz CT molecular complexity index is 130. The predicted molar refractivity (Wildman–Crippen MR) is 65.7 cm³/mol. The first-order chi connectivity index (χ1) is 5.56. The number of allylic oxidation sites excluding steroid dienone is 1. The molecule has 0 aromatic rings. The third-order valence-corrected chi connectivity index (χ3v) is 2.78. The number of hydrogen-bond donors (Lipinski definition) is 0. The molecule has 0 saturated heterocycles. The Kier molecular flexibility index (Phi) is 18.1. The zero-order valence-electron chi connectivity index (χ0n) is 10.2. The average Bonchev–Trinajstić information content (AvgIpc) is 1.94. The van der Waals surface area contributed by atoms with Crippen LogP contribution in [-0.2, 0) is 0 Å². The Morgan fingerprint density at radius 2 is 1.64 bits per heavy atom. The Balaban J connectivity index is -0.000000605. The first kappa shape index (κ1) is 20.6. The van der Waals surface area contributed by atoms with Crippen molar-refractivity contribution in [2.75, 3.05) is 0 Å². The molecule has 0 saturated carbocycles. The summed E-state index contributed by atoms with van der Waals surface area (Å²) in [5.41, 5.74) is 2.33. The van der Waals surface area contributed by atoms with Gasteiger partial charge in [-0.25, -0.2) is 0 Å². The second-order valence-corrected chi connectivity index (χ2v) is 9.55. The van der Waals surface area contributed by atoms with Crippen molar-refractivity contribution in [3.05, 3.63) is 11.8 Å². The van der Waals surface area contributed by atoms with Crippen LogP contribution in [0.1, 0.15) is 39.0 Å². The van der Waals surface area contributed by atoms with Crippen molar-refractivity contribution in [3.63, 3.8) is 0 Å². The zero-order valence-corrected chi connectivity index (χ0v) is 14.2. The quantitative estimate of drug-likeness (QED) is 0.385. The third-order valence-electron chi connectivity index (χ3n) is 1.71. The Morgan fingerprint density at radius 3 is 2.07 bits per heavy atom. The summed E-state index contributed by atoms with van der Waals surface area (Å²) in [6.45, 7) is 9.31. The molecule has 0 bridgehead atoms. The molecule has 0 rings (SSSR count). The molecule has 0 radical (unpaired) electrons. The molecule has 0 spiro atoms. The van der Waals surface area contributed by atoms with Gasteiger partial charge in [-0.05, 0) is 0 Å². The minimum atomic E-state index is -0.962. The summed E-state index contributed by atoms with van der Waals surface area (Å²) in [7, 11) is -0.962. The largest absolute Gasteiger partial charge is 2.00 e. The van der Waals surface area contributed by atoms with E-state index in [-0.39, 0.29) is 40.0 Å². The van der Waals surface area contributed by atoms with Crippen molar-refractivity contribution >= 4 is 31.1 Å². The second kappa shape index (κ2) is 12.3. The average molecular weight is 288 g/mol. The van der Waals surface area contributed by atoms with Crippen LogP contribution in [0.25, 0.3) is 0 Å². The van der Waals surface area contributed by atoms with Gasteiger partial charge in [-0.15, -0.1) is 0 Å². The van der Waals surface area contributed by atoms with Crippen LogP contribution in [0, 0.1) is 6.08 Å². The van der Waals surface area contributed by atoms with E-state index in [4.69, 9.17) is 0 Å². The molecule has 0 amide bonds. The van der Waals surface area contributed by atoms with Crippen LogP contribution in [0.4, 0.5) is 0 Å². The molecule has 0 fully saturated rings. The molecule has 14 heavy (non-hydrogen) atoms. The summed E-state index contributed by atoms with van der Waals surface area (Å²) in [6.07, 6.45) is 10.0. The number of hydrogen-bond acceptors (Lipinski definition) is 0. The molecular formula is C11H23BrMgSi. The molecule has 0 aromatic carbocycles. The predicted octanol–water partition coefficient (Wildman–Crippen LogP) is 0.817. The molecule has 0 aliphatic heterocycles. The summed E-state index contributed by atoms with van der Waals surface area (Å²) >= 11 is 0. The van der Waals surface area contributed by atoms with Crippen LogP contribution < -0.4 is 17.0 Å². The molecule has 0 N–H and O–H groups in total. The Morgan fingerprint density at radius 1 is 1.07 bits per heavy atom. The Hall–Kier alpha value is 1.20. The topological polar surface area (TPSA) is 0 Å². The van der Waals surface area contributed by atoms with Gasteiger partial charge in [0.05, 0.1) is 0 Å². The fraction of sp³-hybridized carbons (Fsp3) is 0.818. The minimum absolute atomic E-state index is 0. The standard InChI is InChI=1S/C11H23Si.BrH.Mg/c1-5-6-7-8-9-10-11-12(2,3)4;;/h11H,5-9H2,1-4H3;1H;/q-1;;+2/p-1. The van der Waals surface area contributed by atoms with Gasteiger partial charge in [0.1, 0.15) is 0 Å². The maximum absolute atomic E-state index is 3.42. The Labute approximate surface area is 118 Å². The van der Waals surface area contributed by atoms with Crippen molar-refractivity contribution in [1.82, 2.24) is 0 Å². The van der Waals surface area contributed by atoms with Crippen LogP contribution in [-0.4, -0.2) is 31.1 Å². The fourth-order valence-corrected chi connectivity index (χ4v) is 1.79. The van der Waals surface area contributed by atoms with Gasteiger partial charge < -0.3 is 23.1 Å². The molecule has 3 heteroatoms. The fourth-order valence-electron chi connectivity index (χ4n) is 1.03. The molecule has 80 valence electrons. The molecule has 0 heterocycles. The summed E-state index contributed by atoms with van der Waals surface area (Å²) in [5.74, 6) is 0. The number of halogens is 1. The van der Waals surface area contributed by atoms with Gasteiger partial charge in [-0.3, -0.25) is 5.70 Å². The smallest absolute Gasteiger partial charge is 1.00 e. The molecule has 0 unspecified atom stereocenters. The molecule has 0 aliphatic rings. The first-order valence-electron chi connectivity index (χ1n) is 5.14. The van der Waals surface area contributed by atoms with E-state index in [9.17, 15) is 0 Å². The van der Waals surface area contributed by atoms with Gasteiger partial charge in [0.15, 0.2) is 0 Å². The summed E-state index contributed by atoms with van der Waals surface area (Å²) in [5, 5.41) is 0. The SMILES string of the molecule is CCCCCC[C-]=C[Si](C)(C)C.[Br-].[Mg+2]. The van der Waals surface area contributed by atoms with Crippen molar-refractivity contribution in [2.45, 2.75) is 58.7 Å². The van der Waals surface area contributed by atoms with Crippen molar-refractivity contribution < 1.29 is 17.0 Å². The van der Waals surface area contributed by atoms with Crippen LogP contribution in [0.15, 0.2) is 5.70 Å². The van der Waals surface area contributed by atoms with Gasteiger partial charge in [0.25, 0.3) is 0 Å². The zero-order chi connectivity index (χ0) is 9.45. The van der Waals surface area contributed by atoms with Gasteiger partial charge in [-0.2, -0.15) is 6.42 Å². The molecule has 0 nitrogen and oxygen atoms in total. The van der Waals surface area contributed by atoms with Gasteiger partial charge in [0, 0.05) is 8.07 Å². The first-order valence-corrected chi connectivity index (χ1v) is 8.72. The minimum Gasteiger partial charge on any atom is -1.00 e. The van der Waals surface area contributed by atoms with E-state index in [0.717, 1.165) is 0 Å². The summed E-state index contributed by atoms with van der Waals surface area (Å²) in [4.78, 5) is 0. The normalized spacial score (nSPS) is 10.9. The van der Waals surface area contributed by atoms with Crippen LogP contribution >= 0.6 is 0 Å². The monoisotopic (exact) mass is 286 g/mol. The molecule has 0 aromatic heterocycles. The molecule has 0 aliphatic carbocycles. The van der Waals surface area contributed by atoms with Gasteiger partial charge >= 0.3 is 23.1 Å².